The number of carbonyl (C=O) groups is 1. The molecule has 0 amide bonds. The molecule has 0 aliphatic heterocycles. The van der Waals surface area contributed by atoms with Crippen LogP contribution in [0, 0.1) is 5.92 Å². The van der Waals surface area contributed by atoms with E-state index < -0.39 is 14.6 Å². The molecular weight excluding hydrogens is 541 g/mol. The molecule has 41 heavy (non-hydrogen) atoms. The Balaban J connectivity index is 1.60. The van der Waals surface area contributed by atoms with Gasteiger partial charge in [0.2, 0.25) is 0 Å². The summed E-state index contributed by atoms with van der Waals surface area (Å²) >= 11 is 0. The summed E-state index contributed by atoms with van der Waals surface area (Å²) < 4.78 is 25.8. The van der Waals surface area contributed by atoms with Crippen molar-refractivity contribution in [2.45, 2.75) is 84.6 Å². The molecule has 0 bridgehead atoms. The number of aromatic nitrogens is 3. The zero-order valence-electron chi connectivity index (χ0n) is 25.0. The second kappa shape index (κ2) is 17.4. The van der Waals surface area contributed by atoms with Crippen LogP contribution in [0.15, 0.2) is 48.9 Å². The van der Waals surface area contributed by atoms with E-state index in [1.807, 2.05) is 42.6 Å². The van der Waals surface area contributed by atoms with Crippen LogP contribution in [-0.2, 0) is 29.9 Å². The summed E-state index contributed by atoms with van der Waals surface area (Å²) in [5.41, 5.74) is 7.80. The molecule has 11 heteroatoms. The fourth-order valence-corrected chi connectivity index (χ4v) is 5.92. The summed E-state index contributed by atoms with van der Waals surface area (Å²) in [6, 6.07) is 11.3. The van der Waals surface area contributed by atoms with Gasteiger partial charge >= 0.3 is 5.97 Å². The lowest BCUT2D eigenvalue weighted by Crippen LogP contribution is -2.34. The lowest BCUT2D eigenvalue weighted by molar-refractivity contribution is -0.146. The van der Waals surface area contributed by atoms with Crippen molar-refractivity contribution in [3.63, 3.8) is 0 Å². The Kier molecular flexibility index (Phi) is 13.9. The Bertz CT molecular complexity index is 1170. The van der Waals surface area contributed by atoms with Crippen LogP contribution in [0.4, 0.5) is 5.82 Å². The number of nitrogens with one attached hydrogen (secondary N) is 1. The predicted molar refractivity (Wildman–Crippen MR) is 163 cm³/mol. The number of nitrogen functional groups attached to an aromatic ring is 1. The summed E-state index contributed by atoms with van der Waals surface area (Å²) in [6.07, 6.45) is 8.13. The van der Waals surface area contributed by atoms with Gasteiger partial charge in [-0.1, -0.05) is 57.0 Å². The largest absolute Gasteiger partial charge is 0.464 e. The molecule has 1 aromatic carbocycles. The third-order valence-corrected chi connectivity index (χ3v) is 8.37. The fraction of sp³-hybridized carbons (Fsp3) is 0.567. The molecule has 0 saturated carbocycles. The Labute approximate surface area is 245 Å². The SMILES string of the molecule is CCCC(CCC)COC(=O)[C@H](C)NP(OCc1ccccc1)OCC(C[C@H](C)n1ccc2c(N)ncnc21)OC. The van der Waals surface area contributed by atoms with Gasteiger partial charge in [-0.25, -0.2) is 15.1 Å². The normalized spacial score (nSPS) is 14.7. The first-order valence-corrected chi connectivity index (χ1v) is 15.7. The second-order valence-corrected chi connectivity index (χ2v) is 11.7. The lowest BCUT2D eigenvalue weighted by Gasteiger charge is -2.26. The summed E-state index contributed by atoms with van der Waals surface area (Å²) in [7, 11) is 0.0536. The van der Waals surface area contributed by atoms with E-state index in [1.165, 1.54) is 6.33 Å². The average molecular weight is 588 g/mol. The highest BCUT2D eigenvalue weighted by atomic mass is 31.2. The molecule has 226 valence electrons. The van der Waals surface area contributed by atoms with E-state index in [0.717, 1.165) is 42.3 Å². The van der Waals surface area contributed by atoms with Crippen molar-refractivity contribution in [2.75, 3.05) is 26.1 Å². The second-order valence-electron chi connectivity index (χ2n) is 10.4. The van der Waals surface area contributed by atoms with Crippen molar-refractivity contribution in [2.24, 2.45) is 5.92 Å². The van der Waals surface area contributed by atoms with Gasteiger partial charge in [-0.05, 0) is 50.7 Å². The van der Waals surface area contributed by atoms with E-state index in [1.54, 1.807) is 14.0 Å². The van der Waals surface area contributed by atoms with E-state index in [9.17, 15) is 4.79 Å². The number of esters is 1. The summed E-state index contributed by atoms with van der Waals surface area (Å²) in [6.45, 7) is 9.25. The monoisotopic (exact) mass is 587 g/mol. The van der Waals surface area contributed by atoms with Gasteiger partial charge < -0.3 is 28.8 Å². The highest BCUT2D eigenvalue weighted by molar-refractivity contribution is 7.45. The Morgan fingerprint density at radius 2 is 1.78 bits per heavy atom. The molecule has 3 rings (SSSR count). The predicted octanol–water partition coefficient (Wildman–Crippen LogP) is 6.18. The van der Waals surface area contributed by atoms with Crippen molar-refractivity contribution < 1.29 is 23.3 Å². The standard InChI is InChI=1S/C30H46N5O5P/c1-6-11-24(12-7-2)18-38-30(36)23(4)34-41(39-19-25-13-9-8-10-14-25)40-20-26(37-5)17-22(3)35-16-15-27-28(31)32-21-33-29(27)35/h8-10,13-16,21-24,26,34H,6-7,11-12,17-20H2,1-5H3,(H2,31,32,33)/t22-,23-,26?,41?/m0/s1. The number of nitrogens with zero attached hydrogens (tertiary/aromatic N) is 3. The molecule has 0 saturated heterocycles. The molecule has 2 aromatic heterocycles. The van der Waals surface area contributed by atoms with Crippen molar-refractivity contribution in [1.82, 2.24) is 19.6 Å². The van der Waals surface area contributed by atoms with Gasteiger partial charge in [-0.2, -0.15) is 0 Å². The van der Waals surface area contributed by atoms with Gasteiger partial charge in [0.25, 0.3) is 8.53 Å². The van der Waals surface area contributed by atoms with Gasteiger partial charge in [0.1, 0.15) is 23.8 Å². The minimum atomic E-state index is -1.61. The van der Waals surface area contributed by atoms with Crippen LogP contribution in [-0.4, -0.2) is 53.0 Å². The molecular formula is C30H46N5O5P. The first-order valence-electron chi connectivity index (χ1n) is 14.5. The highest BCUT2D eigenvalue weighted by Gasteiger charge is 2.25. The number of anilines is 1. The number of rotatable bonds is 19. The summed E-state index contributed by atoms with van der Waals surface area (Å²) in [5.74, 6) is 0.538. The minimum Gasteiger partial charge on any atom is -0.464 e. The topological polar surface area (TPSA) is 123 Å². The molecule has 0 fully saturated rings. The molecule has 3 N–H and O–H groups in total. The third-order valence-electron chi connectivity index (χ3n) is 7.03. The summed E-state index contributed by atoms with van der Waals surface area (Å²) in [5, 5.41) is 4.04. The van der Waals surface area contributed by atoms with Crippen LogP contribution in [0.25, 0.3) is 11.0 Å². The molecule has 2 heterocycles. The van der Waals surface area contributed by atoms with E-state index in [0.29, 0.717) is 31.4 Å². The zero-order chi connectivity index (χ0) is 29.6. The number of benzene rings is 1. The van der Waals surface area contributed by atoms with Crippen molar-refractivity contribution in [3.8, 4) is 0 Å². The minimum absolute atomic E-state index is 0.0628. The lowest BCUT2D eigenvalue weighted by atomic mass is 9.99. The van der Waals surface area contributed by atoms with E-state index >= 15 is 0 Å². The van der Waals surface area contributed by atoms with Gasteiger partial charge in [0, 0.05) is 19.3 Å². The molecule has 0 radical (unpaired) electrons. The third kappa shape index (κ3) is 10.3. The van der Waals surface area contributed by atoms with Crippen LogP contribution in [0.2, 0.25) is 0 Å². The summed E-state index contributed by atoms with van der Waals surface area (Å²) in [4.78, 5) is 21.3. The highest BCUT2D eigenvalue weighted by Crippen LogP contribution is 2.37. The fourth-order valence-electron chi connectivity index (χ4n) is 4.71. The van der Waals surface area contributed by atoms with Gasteiger partial charge in [-0.3, -0.25) is 4.79 Å². The molecule has 2 unspecified atom stereocenters. The number of ether oxygens (including phenoxy) is 2. The number of fused-ring (bicyclic) bond motifs is 1. The van der Waals surface area contributed by atoms with Crippen LogP contribution < -0.4 is 10.8 Å². The number of carbonyl (C=O) groups excluding carboxylic acids is 1. The number of methoxy groups -OCH3 is 1. The Morgan fingerprint density at radius 1 is 1.05 bits per heavy atom. The molecule has 4 atom stereocenters. The smallest absolute Gasteiger partial charge is 0.323 e. The van der Waals surface area contributed by atoms with Crippen molar-refractivity contribution >= 4 is 31.3 Å². The van der Waals surface area contributed by atoms with Crippen molar-refractivity contribution in [3.05, 3.63) is 54.5 Å². The molecule has 0 aliphatic rings. The number of hydrogen-bond acceptors (Lipinski definition) is 9. The van der Waals surface area contributed by atoms with Gasteiger partial charge in [0.15, 0.2) is 0 Å². The molecule has 0 spiro atoms. The number of nitrogens with two attached hydrogens (primary N) is 1. The van der Waals surface area contributed by atoms with Crippen LogP contribution in [0.5, 0.6) is 0 Å². The maximum absolute atomic E-state index is 12.8. The van der Waals surface area contributed by atoms with Gasteiger partial charge in [-0.15, -0.1) is 0 Å². The maximum atomic E-state index is 12.8. The number of hydrogen-bond donors (Lipinski definition) is 2. The molecule has 0 aliphatic carbocycles. The van der Waals surface area contributed by atoms with E-state index in [2.05, 4.69) is 40.4 Å². The van der Waals surface area contributed by atoms with Crippen molar-refractivity contribution in [1.29, 1.82) is 0 Å². The Morgan fingerprint density at radius 3 is 2.46 bits per heavy atom. The molecule has 10 nitrogen and oxygen atoms in total. The Hall–Kier alpha value is -2.62. The maximum Gasteiger partial charge on any atom is 0.323 e. The van der Waals surface area contributed by atoms with Crippen LogP contribution in [0.3, 0.4) is 0 Å². The van der Waals surface area contributed by atoms with E-state index in [-0.39, 0.29) is 24.7 Å². The average Bonchev–Trinajstić information content (AvgIpc) is 3.42. The van der Waals surface area contributed by atoms with Crippen LogP contribution in [0.1, 0.15) is 71.4 Å². The first kappa shape index (κ1) is 32.9. The van der Waals surface area contributed by atoms with E-state index in [4.69, 9.17) is 24.3 Å². The first-order chi connectivity index (χ1) is 19.9. The van der Waals surface area contributed by atoms with Gasteiger partial charge in [0.05, 0.1) is 31.3 Å². The quantitative estimate of drug-likeness (QED) is 0.125. The zero-order valence-corrected chi connectivity index (χ0v) is 25.9. The van der Waals surface area contributed by atoms with Crippen LogP contribution >= 0.6 is 8.53 Å². The molecule has 3 aromatic rings.